The third-order valence-electron chi connectivity index (χ3n) is 2.77. The van der Waals surface area contributed by atoms with Crippen molar-refractivity contribution in [1.29, 1.82) is 0 Å². The van der Waals surface area contributed by atoms with E-state index in [1.165, 1.54) is 0 Å². The van der Waals surface area contributed by atoms with E-state index in [0.29, 0.717) is 17.2 Å². The largest absolute Gasteiger partial charge is 0.530 e. The topological polar surface area (TPSA) is 27.7 Å². The molecule has 3 rings (SSSR count). The molecule has 0 atom stereocenters. The van der Waals surface area contributed by atoms with Crippen LogP contribution in [0.3, 0.4) is 0 Å². The molecule has 0 spiro atoms. The van der Waals surface area contributed by atoms with E-state index in [9.17, 15) is 0 Å². The molecule has 23 heavy (non-hydrogen) atoms. The van der Waals surface area contributed by atoms with Crippen molar-refractivity contribution >= 4 is 8.60 Å². The van der Waals surface area contributed by atoms with Crippen molar-refractivity contribution in [2.45, 2.75) is 0 Å². The summed E-state index contributed by atoms with van der Waals surface area (Å²) in [6.07, 6.45) is 0. The van der Waals surface area contributed by atoms with Crippen LogP contribution < -0.4 is 13.6 Å². The van der Waals surface area contributed by atoms with E-state index in [1.54, 1.807) is 0 Å². The molecule has 0 radical (unpaired) electrons. The average Bonchev–Trinajstić information content (AvgIpc) is 2.57. The van der Waals surface area contributed by atoms with Crippen LogP contribution in [0.4, 0.5) is 0 Å². The zero-order chi connectivity index (χ0) is 15.0. The van der Waals surface area contributed by atoms with E-state index in [1.807, 2.05) is 91.0 Å². The van der Waals surface area contributed by atoms with Gasteiger partial charge in [-0.25, -0.2) is 0 Å². The number of hydrogen-bond donors (Lipinski definition) is 0. The van der Waals surface area contributed by atoms with Gasteiger partial charge in [0.25, 0.3) is 0 Å². The Balaban J connectivity index is 0.00000192. The predicted octanol–water partition coefficient (Wildman–Crippen LogP) is 5.45. The summed E-state index contributed by atoms with van der Waals surface area (Å²) in [5.74, 6) is 2.13. The van der Waals surface area contributed by atoms with Crippen molar-refractivity contribution in [2.75, 3.05) is 0 Å². The predicted molar refractivity (Wildman–Crippen MR) is 88.1 cm³/mol. The molecule has 0 aliphatic rings. The summed E-state index contributed by atoms with van der Waals surface area (Å²) in [7, 11) is -1.59. The van der Waals surface area contributed by atoms with Crippen LogP contribution in [0.5, 0.6) is 17.2 Å². The summed E-state index contributed by atoms with van der Waals surface area (Å²) in [6, 6.07) is 28.5. The van der Waals surface area contributed by atoms with Crippen molar-refractivity contribution in [3.8, 4) is 17.2 Å². The van der Waals surface area contributed by atoms with Crippen molar-refractivity contribution in [1.82, 2.24) is 0 Å². The summed E-state index contributed by atoms with van der Waals surface area (Å²) in [5.41, 5.74) is 0. The van der Waals surface area contributed by atoms with E-state index in [-0.39, 0.29) is 17.4 Å². The number of rotatable bonds is 6. The summed E-state index contributed by atoms with van der Waals surface area (Å²) in [6.45, 7) is 0. The van der Waals surface area contributed by atoms with Gasteiger partial charge in [0, 0.05) is 17.4 Å². The number of benzene rings is 3. The quantitative estimate of drug-likeness (QED) is 0.546. The molecule has 0 heterocycles. The third kappa shape index (κ3) is 5.62. The number of para-hydroxylation sites is 3. The molecule has 0 unspecified atom stereocenters. The molecule has 116 valence electrons. The molecular weight excluding hydrogens is 347 g/mol. The number of hydrogen-bond acceptors (Lipinski definition) is 3. The van der Waals surface area contributed by atoms with Crippen LogP contribution in [0.15, 0.2) is 91.0 Å². The smallest absolute Gasteiger partial charge is 0.409 e. The van der Waals surface area contributed by atoms with Crippen molar-refractivity contribution in [3.05, 3.63) is 91.0 Å². The van der Waals surface area contributed by atoms with Crippen LogP contribution in [0.25, 0.3) is 0 Å². The first-order valence-electron chi connectivity index (χ1n) is 6.89. The molecule has 0 fully saturated rings. The average molecular weight is 362 g/mol. The second kappa shape index (κ2) is 9.23. The molecule has 3 aromatic carbocycles. The molecular formula is C18H15CrO3P. The normalized spacial score (nSPS) is 9.78. The van der Waals surface area contributed by atoms with Gasteiger partial charge in [0.05, 0.1) is 0 Å². The van der Waals surface area contributed by atoms with Gasteiger partial charge in [-0.1, -0.05) is 54.6 Å². The van der Waals surface area contributed by atoms with E-state index >= 15 is 0 Å². The molecule has 0 bridgehead atoms. The Kier molecular flexibility index (Phi) is 6.97. The van der Waals surface area contributed by atoms with Crippen LogP contribution in [-0.4, -0.2) is 0 Å². The van der Waals surface area contributed by atoms with Gasteiger partial charge in [-0.05, 0) is 36.4 Å². The van der Waals surface area contributed by atoms with Crippen molar-refractivity contribution in [2.24, 2.45) is 0 Å². The van der Waals surface area contributed by atoms with Gasteiger partial charge in [-0.3, -0.25) is 0 Å². The van der Waals surface area contributed by atoms with Crippen LogP contribution in [-0.2, 0) is 17.4 Å². The fourth-order valence-electron chi connectivity index (χ4n) is 1.76. The summed E-state index contributed by atoms with van der Waals surface area (Å²) >= 11 is 0. The van der Waals surface area contributed by atoms with Crippen molar-refractivity contribution in [3.63, 3.8) is 0 Å². The maximum absolute atomic E-state index is 5.84. The molecule has 5 heteroatoms. The molecule has 3 nitrogen and oxygen atoms in total. The first-order valence-corrected chi connectivity index (χ1v) is 7.99. The van der Waals surface area contributed by atoms with Gasteiger partial charge in [-0.15, -0.1) is 0 Å². The molecule has 3 aromatic rings. The maximum atomic E-state index is 5.84. The van der Waals surface area contributed by atoms with Crippen LogP contribution in [0, 0.1) is 0 Å². The molecule has 0 N–H and O–H groups in total. The summed E-state index contributed by atoms with van der Waals surface area (Å²) in [4.78, 5) is 0. The molecule has 0 aliphatic heterocycles. The van der Waals surface area contributed by atoms with Gasteiger partial charge < -0.3 is 13.6 Å². The minimum absolute atomic E-state index is 0. The maximum Gasteiger partial charge on any atom is 0.530 e. The summed E-state index contributed by atoms with van der Waals surface area (Å²) < 4.78 is 17.5. The minimum atomic E-state index is -1.59. The Bertz CT molecular complexity index is 582. The van der Waals surface area contributed by atoms with E-state index in [0.717, 1.165) is 0 Å². The van der Waals surface area contributed by atoms with Gasteiger partial charge in [0.15, 0.2) is 0 Å². The Morgan fingerprint density at radius 2 is 0.696 bits per heavy atom. The molecule has 0 saturated heterocycles. The fraction of sp³-hybridized carbons (Fsp3) is 0. The second-order valence-electron chi connectivity index (χ2n) is 4.44. The first kappa shape index (κ1) is 17.4. The summed E-state index contributed by atoms with van der Waals surface area (Å²) in [5, 5.41) is 0. The Morgan fingerprint density at radius 1 is 0.435 bits per heavy atom. The third-order valence-corrected chi connectivity index (χ3v) is 3.85. The zero-order valence-electron chi connectivity index (χ0n) is 12.2. The first-order chi connectivity index (χ1) is 10.9. The zero-order valence-corrected chi connectivity index (χ0v) is 14.4. The van der Waals surface area contributed by atoms with Gasteiger partial charge in [-0.2, -0.15) is 0 Å². The molecule has 0 amide bonds. The van der Waals surface area contributed by atoms with Gasteiger partial charge in [0.1, 0.15) is 17.2 Å². The monoisotopic (exact) mass is 362 g/mol. The van der Waals surface area contributed by atoms with Crippen LogP contribution in [0.1, 0.15) is 0 Å². The molecule has 0 aliphatic carbocycles. The van der Waals surface area contributed by atoms with E-state index < -0.39 is 8.60 Å². The van der Waals surface area contributed by atoms with E-state index in [2.05, 4.69) is 0 Å². The molecule has 0 aromatic heterocycles. The minimum Gasteiger partial charge on any atom is -0.409 e. The van der Waals surface area contributed by atoms with Gasteiger partial charge in [0.2, 0.25) is 0 Å². The van der Waals surface area contributed by atoms with Gasteiger partial charge >= 0.3 is 8.60 Å². The SMILES string of the molecule is [Cr].c1ccc(OP(Oc2ccccc2)Oc2ccccc2)cc1. The van der Waals surface area contributed by atoms with E-state index in [4.69, 9.17) is 13.6 Å². The Hall–Kier alpha value is -1.98. The standard InChI is InChI=1S/C18H15O3P.Cr/c1-4-10-16(11-5-1)19-22(20-17-12-6-2-7-13-17)21-18-14-8-3-9-15-18;/h1-15H;. The Labute approximate surface area is 148 Å². The van der Waals surface area contributed by atoms with Crippen molar-refractivity contribution < 1.29 is 30.9 Å². The Morgan fingerprint density at radius 3 is 0.957 bits per heavy atom. The fourth-order valence-corrected chi connectivity index (χ4v) is 2.75. The van der Waals surface area contributed by atoms with Crippen LogP contribution >= 0.6 is 8.60 Å². The molecule has 0 saturated carbocycles. The second-order valence-corrected chi connectivity index (χ2v) is 5.43. The van der Waals surface area contributed by atoms with Crippen LogP contribution in [0.2, 0.25) is 0 Å².